The van der Waals surface area contributed by atoms with Gasteiger partial charge in [0.15, 0.2) is 0 Å². The van der Waals surface area contributed by atoms with Crippen molar-refractivity contribution in [2.45, 2.75) is 53.1 Å². The quantitative estimate of drug-likeness (QED) is 0.778. The van der Waals surface area contributed by atoms with E-state index >= 15 is 0 Å². The largest absolute Gasteiger partial charge is 0.341 e. The maximum Gasteiger partial charge on any atom is 0.222 e. The van der Waals surface area contributed by atoms with Gasteiger partial charge in [-0.2, -0.15) is 10.4 Å². The molecule has 1 heterocycles. The number of carbonyl (C=O) groups excluding carboxylic acids is 1. The molecule has 1 aromatic heterocycles. The number of carbonyl (C=O) groups is 1. The Morgan fingerprint density at radius 2 is 1.92 bits per heavy atom. The zero-order valence-corrected chi connectivity index (χ0v) is 15.5. The number of rotatable bonds is 7. The van der Waals surface area contributed by atoms with Gasteiger partial charge in [-0.3, -0.25) is 9.48 Å². The third-order valence-corrected chi connectivity index (χ3v) is 4.52. The second-order valence-corrected chi connectivity index (χ2v) is 6.52. The summed E-state index contributed by atoms with van der Waals surface area (Å²) in [6.45, 7) is 7.25. The third-order valence-electron chi connectivity index (χ3n) is 4.52. The minimum absolute atomic E-state index is 0.129. The number of hydrogen-bond acceptors (Lipinski definition) is 3. The molecule has 0 saturated carbocycles. The highest BCUT2D eigenvalue weighted by atomic mass is 16.2. The van der Waals surface area contributed by atoms with Gasteiger partial charge in [-0.25, -0.2) is 0 Å². The highest BCUT2D eigenvalue weighted by Crippen LogP contribution is 2.16. The monoisotopic (exact) mass is 338 g/mol. The van der Waals surface area contributed by atoms with Crippen LogP contribution in [0.15, 0.2) is 24.3 Å². The minimum Gasteiger partial charge on any atom is -0.341 e. The van der Waals surface area contributed by atoms with Crippen molar-refractivity contribution in [3.63, 3.8) is 0 Å². The van der Waals surface area contributed by atoms with Crippen molar-refractivity contribution < 1.29 is 4.79 Å². The summed E-state index contributed by atoms with van der Waals surface area (Å²) in [5.41, 5.74) is 5.48. The Morgan fingerprint density at radius 3 is 2.56 bits per heavy atom. The average Bonchev–Trinajstić information content (AvgIpc) is 2.86. The van der Waals surface area contributed by atoms with E-state index in [1.807, 2.05) is 25.6 Å². The summed E-state index contributed by atoms with van der Waals surface area (Å²) >= 11 is 0. The van der Waals surface area contributed by atoms with Crippen LogP contribution in [0.4, 0.5) is 0 Å². The molecule has 5 nitrogen and oxygen atoms in total. The SMILES string of the molecule is Cc1ccc(CN(C)C(=O)CCc2c(C)nn(CCC#N)c2C)cc1. The van der Waals surface area contributed by atoms with E-state index in [4.69, 9.17) is 5.26 Å². The highest BCUT2D eigenvalue weighted by molar-refractivity contribution is 5.76. The Bertz CT molecular complexity index is 768. The van der Waals surface area contributed by atoms with Crippen LogP contribution < -0.4 is 0 Å². The van der Waals surface area contributed by atoms with Gasteiger partial charge < -0.3 is 4.90 Å². The number of amides is 1. The molecule has 132 valence electrons. The Kier molecular flexibility index (Phi) is 6.35. The first-order chi connectivity index (χ1) is 11.9. The van der Waals surface area contributed by atoms with Crippen LogP contribution in [0.2, 0.25) is 0 Å². The summed E-state index contributed by atoms with van der Waals surface area (Å²) in [4.78, 5) is 14.2. The van der Waals surface area contributed by atoms with Crippen LogP contribution in [0.5, 0.6) is 0 Å². The molecule has 0 aliphatic rings. The molecule has 25 heavy (non-hydrogen) atoms. The predicted octanol–water partition coefficient (Wildman–Crippen LogP) is 3.31. The molecule has 0 atom stereocenters. The van der Waals surface area contributed by atoms with Gasteiger partial charge in [-0.1, -0.05) is 29.8 Å². The van der Waals surface area contributed by atoms with Crippen molar-refractivity contribution in [1.29, 1.82) is 5.26 Å². The van der Waals surface area contributed by atoms with Gasteiger partial charge in [0.25, 0.3) is 0 Å². The fourth-order valence-corrected chi connectivity index (χ4v) is 2.95. The smallest absolute Gasteiger partial charge is 0.222 e. The topological polar surface area (TPSA) is 61.9 Å². The average molecular weight is 338 g/mol. The Morgan fingerprint density at radius 1 is 1.24 bits per heavy atom. The van der Waals surface area contributed by atoms with Gasteiger partial charge in [0, 0.05) is 25.7 Å². The predicted molar refractivity (Wildman–Crippen MR) is 97.9 cm³/mol. The zero-order valence-electron chi connectivity index (χ0n) is 15.5. The molecule has 0 bridgehead atoms. The molecule has 0 fully saturated rings. The van der Waals surface area contributed by atoms with Crippen molar-refractivity contribution in [2.75, 3.05) is 7.05 Å². The molecule has 5 heteroatoms. The molecule has 0 saturated heterocycles. The number of aromatic nitrogens is 2. The summed E-state index contributed by atoms with van der Waals surface area (Å²) in [7, 11) is 1.85. The fraction of sp³-hybridized carbons (Fsp3) is 0.450. The molecule has 0 radical (unpaired) electrons. The zero-order chi connectivity index (χ0) is 18.4. The van der Waals surface area contributed by atoms with Crippen molar-refractivity contribution in [3.05, 3.63) is 52.3 Å². The lowest BCUT2D eigenvalue weighted by atomic mass is 10.1. The van der Waals surface area contributed by atoms with Gasteiger partial charge in [0.1, 0.15) is 0 Å². The molecular formula is C20H26N4O. The lowest BCUT2D eigenvalue weighted by Gasteiger charge is -2.17. The Hall–Kier alpha value is -2.61. The third kappa shape index (κ3) is 4.93. The van der Waals surface area contributed by atoms with E-state index in [0.717, 1.165) is 22.5 Å². The maximum absolute atomic E-state index is 12.4. The van der Waals surface area contributed by atoms with Gasteiger partial charge in [0.2, 0.25) is 5.91 Å². The van der Waals surface area contributed by atoms with Gasteiger partial charge >= 0.3 is 0 Å². The number of aryl methyl sites for hydroxylation is 3. The van der Waals surface area contributed by atoms with Crippen LogP contribution in [0.3, 0.4) is 0 Å². The summed E-state index contributed by atoms with van der Waals surface area (Å²) in [5, 5.41) is 13.2. The molecule has 2 rings (SSSR count). The lowest BCUT2D eigenvalue weighted by molar-refractivity contribution is -0.130. The number of hydrogen-bond donors (Lipinski definition) is 0. The first kappa shape index (κ1) is 18.7. The second-order valence-electron chi connectivity index (χ2n) is 6.52. The van der Waals surface area contributed by atoms with Crippen LogP contribution in [0.1, 0.15) is 40.9 Å². The van der Waals surface area contributed by atoms with E-state index in [9.17, 15) is 4.79 Å². The molecule has 1 amide bonds. The molecule has 1 aromatic carbocycles. The van der Waals surface area contributed by atoms with Gasteiger partial charge in [-0.15, -0.1) is 0 Å². The molecule has 0 unspecified atom stereocenters. The van der Waals surface area contributed by atoms with Crippen LogP contribution in [-0.4, -0.2) is 27.6 Å². The normalized spacial score (nSPS) is 10.5. The summed E-state index contributed by atoms with van der Waals surface area (Å²) in [6.07, 6.45) is 1.59. The first-order valence-corrected chi connectivity index (χ1v) is 8.61. The van der Waals surface area contributed by atoms with Crippen molar-refractivity contribution in [3.8, 4) is 6.07 Å². The second kappa shape index (κ2) is 8.48. The Balaban J connectivity index is 1.94. The van der Waals surface area contributed by atoms with Crippen molar-refractivity contribution >= 4 is 5.91 Å². The lowest BCUT2D eigenvalue weighted by Crippen LogP contribution is -2.26. The van der Waals surface area contributed by atoms with E-state index < -0.39 is 0 Å². The molecule has 0 aliphatic heterocycles. The number of benzene rings is 1. The number of nitriles is 1. The van der Waals surface area contributed by atoms with E-state index in [1.54, 1.807) is 4.90 Å². The Labute approximate surface area is 149 Å². The fourth-order valence-electron chi connectivity index (χ4n) is 2.95. The van der Waals surface area contributed by atoms with E-state index in [2.05, 4.69) is 42.4 Å². The summed E-state index contributed by atoms with van der Waals surface area (Å²) < 4.78 is 1.87. The highest BCUT2D eigenvalue weighted by Gasteiger charge is 2.15. The molecular weight excluding hydrogens is 312 g/mol. The van der Waals surface area contributed by atoms with Gasteiger partial charge in [-0.05, 0) is 38.3 Å². The summed E-state index contributed by atoms with van der Waals surface area (Å²) in [6, 6.07) is 10.4. The standard InChI is InChI=1S/C20H26N4O/c1-15-6-8-18(9-7-15)14-23(4)20(25)11-10-19-16(2)22-24(17(19)3)13-5-12-21/h6-9H,5,10-11,13-14H2,1-4H3. The van der Waals surface area contributed by atoms with E-state index in [0.29, 0.717) is 32.4 Å². The van der Waals surface area contributed by atoms with Crippen molar-refractivity contribution in [1.82, 2.24) is 14.7 Å². The van der Waals surface area contributed by atoms with Gasteiger partial charge in [0.05, 0.1) is 24.7 Å². The van der Waals surface area contributed by atoms with E-state index in [-0.39, 0.29) is 5.91 Å². The molecule has 2 aromatic rings. The first-order valence-electron chi connectivity index (χ1n) is 8.61. The molecule has 0 spiro atoms. The van der Waals surface area contributed by atoms with Crippen LogP contribution in [0, 0.1) is 32.1 Å². The summed E-state index contributed by atoms with van der Waals surface area (Å²) in [5.74, 6) is 0.129. The van der Waals surface area contributed by atoms with E-state index in [1.165, 1.54) is 5.56 Å². The maximum atomic E-state index is 12.4. The molecule has 0 aliphatic carbocycles. The van der Waals surface area contributed by atoms with Crippen LogP contribution in [-0.2, 0) is 24.3 Å². The molecule has 0 N–H and O–H groups in total. The number of nitrogens with zero attached hydrogens (tertiary/aromatic N) is 4. The van der Waals surface area contributed by atoms with Crippen LogP contribution in [0.25, 0.3) is 0 Å². The minimum atomic E-state index is 0.129. The van der Waals surface area contributed by atoms with Crippen molar-refractivity contribution in [2.24, 2.45) is 0 Å². The van der Waals surface area contributed by atoms with Crippen LogP contribution >= 0.6 is 0 Å².